The minimum Gasteiger partial charge on any atom is -0.493 e. The van der Waals surface area contributed by atoms with Crippen LogP contribution in [0.2, 0.25) is 0 Å². The van der Waals surface area contributed by atoms with Crippen LogP contribution in [0.5, 0.6) is 11.5 Å². The molecule has 0 bridgehead atoms. The monoisotopic (exact) mass is 370 g/mol. The molecule has 0 aliphatic carbocycles. The van der Waals surface area contributed by atoms with E-state index in [0.717, 1.165) is 5.56 Å². The summed E-state index contributed by atoms with van der Waals surface area (Å²) in [6.45, 7) is 1.92. The largest absolute Gasteiger partial charge is 0.493 e. The maximum Gasteiger partial charge on any atom is 0.264 e. The molecule has 0 saturated carbocycles. The highest BCUT2D eigenvalue weighted by atomic mass is 16.5. The first kappa shape index (κ1) is 18.7. The highest BCUT2D eigenvalue weighted by Gasteiger charge is 2.15. The van der Waals surface area contributed by atoms with Gasteiger partial charge in [0.25, 0.3) is 5.56 Å². The highest BCUT2D eigenvalue weighted by molar-refractivity contribution is 5.91. The topological polar surface area (TPSA) is 98.5 Å². The van der Waals surface area contributed by atoms with Crippen LogP contribution >= 0.6 is 0 Å². The Hall–Kier alpha value is -3.13. The lowest BCUT2D eigenvalue weighted by molar-refractivity contribution is 0.208. The summed E-state index contributed by atoms with van der Waals surface area (Å²) in [5, 5.41) is 13.0. The van der Waals surface area contributed by atoms with Crippen molar-refractivity contribution in [1.29, 1.82) is 0 Å². The van der Waals surface area contributed by atoms with Gasteiger partial charge in [0.2, 0.25) is 0 Å². The van der Waals surface area contributed by atoms with Gasteiger partial charge in [-0.1, -0.05) is 0 Å². The lowest BCUT2D eigenvalue weighted by atomic mass is 10.1. The van der Waals surface area contributed by atoms with E-state index in [4.69, 9.17) is 9.47 Å². The fourth-order valence-electron chi connectivity index (χ4n) is 2.74. The van der Waals surface area contributed by atoms with Crippen LogP contribution in [0.25, 0.3) is 22.2 Å². The number of anilines is 1. The molecule has 0 spiro atoms. The Morgan fingerprint density at radius 2 is 1.96 bits per heavy atom. The SMILES string of the molecule is COc1ccc(-c2cc3ncn(C)c(=O)c3c(NC[C@@H](C)O)n2)cc1OC. The molecule has 1 atom stereocenters. The zero-order chi connectivity index (χ0) is 19.6. The average molecular weight is 370 g/mol. The molecule has 1 aromatic carbocycles. The molecule has 2 N–H and O–H groups in total. The molecule has 3 aromatic rings. The fourth-order valence-corrected chi connectivity index (χ4v) is 2.74. The summed E-state index contributed by atoms with van der Waals surface area (Å²) >= 11 is 0. The minimum absolute atomic E-state index is 0.209. The third-order valence-electron chi connectivity index (χ3n) is 4.15. The predicted octanol–water partition coefficient (Wildman–Crippen LogP) is 1.81. The van der Waals surface area contributed by atoms with E-state index in [9.17, 15) is 9.90 Å². The number of benzene rings is 1. The van der Waals surface area contributed by atoms with E-state index in [1.165, 1.54) is 10.9 Å². The second-order valence-electron chi connectivity index (χ2n) is 6.21. The van der Waals surface area contributed by atoms with Crippen molar-refractivity contribution in [2.45, 2.75) is 13.0 Å². The molecule has 0 fully saturated rings. The van der Waals surface area contributed by atoms with Gasteiger partial charge in [0, 0.05) is 19.2 Å². The van der Waals surface area contributed by atoms with Crippen LogP contribution in [0.3, 0.4) is 0 Å². The molecule has 27 heavy (non-hydrogen) atoms. The number of methoxy groups -OCH3 is 2. The van der Waals surface area contributed by atoms with Crippen molar-refractivity contribution in [3.05, 3.63) is 40.9 Å². The fraction of sp³-hybridized carbons (Fsp3) is 0.316. The Morgan fingerprint density at radius 3 is 2.63 bits per heavy atom. The van der Waals surface area contributed by atoms with E-state index >= 15 is 0 Å². The molecule has 8 heteroatoms. The highest BCUT2D eigenvalue weighted by Crippen LogP contribution is 2.33. The van der Waals surface area contributed by atoms with Gasteiger partial charge in [-0.25, -0.2) is 9.97 Å². The molecule has 0 radical (unpaired) electrons. The van der Waals surface area contributed by atoms with Gasteiger partial charge in [-0.05, 0) is 31.2 Å². The Kier molecular flexibility index (Phi) is 5.27. The maximum atomic E-state index is 12.6. The van der Waals surface area contributed by atoms with E-state index in [1.54, 1.807) is 40.3 Å². The number of ether oxygens (including phenoxy) is 2. The lowest BCUT2D eigenvalue weighted by Crippen LogP contribution is -2.22. The normalized spacial score (nSPS) is 12.0. The zero-order valence-electron chi connectivity index (χ0n) is 15.7. The van der Waals surface area contributed by atoms with Crippen molar-refractivity contribution in [3.8, 4) is 22.8 Å². The van der Waals surface area contributed by atoms with Crippen molar-refractivity contribution >= 4 is 16.7 Å². The van der Waals surface area contributed by atoms with Crippen molar-refractivity contribution < 1.29 is 14.6 Å². The molecule has 0 aliphatic rings. The Balaban J connectivity index is 2.20. The van der Waals surface area contributed by atoms with Gasteiger partial charge in [0.1, 0.15) is 11.2 Å². The number of aryl methyl sites for hydroxylation is 1. The molecule has 8 nitrogen and oxygen atoms in total. The average Bonchev–Trinajstić information content (AvgIpc) is 2.68. The van der Waals surface area contributed by atoms with Gasteiger partial charge >= 0.3 is 0 Å². The van der Waals surface area contributed by atoms with Crippen molar-refractivity contribution in [2.75, 3.05) is 26.1 Å². The number of rotatable bonds is 6. The van der Waals surface area contributed by atoms with Gasteiger partial charge in [0.15, 0.2) is 11.5 Å². The lowest BCUT2D eigenvalue weighted by Gasteiger charge is -2.14. The van der Waals surface area contributed by atoms with Gasteiger partial charge in [-0.15, -0.1) is 0 Å². The molecule has 142 valence electrons. The number of nitrogens with one attached hydrogen (secondary N) is 1. The molecule has 0 amide bonds. The van der Waals surface area contributed by atoms with Crippen LogP contribution in [0.4, 0.5) is 5.82 Å². The first-order valence-electron chi connectivity index (χ1n) is 8.45. The van der Waals surface area contributed by atoms with E-state index < -0.39 is 6.10 Å². The third-order valence-corrected chi connectivity index (χ3v) is 4.15. The number of hydrogen-bond acceptors (Lipinski definition) is 7. The second-order valence-corrected chi connectivity index (χ2v) is 6.21. The van der Waals surface area contributed by atoms with E-state index in [0.29, 0.717) is 33.9 Å². The van der Waals surface area contributed by atoms with Gasteiger partial charge in [-0.3, -0.25) is 4.79 Å². The van der Waals surface area contributed by atoms with Crippen LogP contribution in [0.15, 0.2) is 35.4 Å². The summed E-state index contributed by atoms with van der Waals surface area (Å²) in [6.07, 6.45) is 0.883. The number of fused-ring (bicyclic) bond motifs is 1. The number of aliphatic hydroxyl groups excluding tert-OH is 1. The van der Waals surface area contributed by atoms with E-state index in [-0.39, 0.29) is 12.1 Å². The zero-order valence-corrected chi connectivity index (χ0v) is 15.7. The first-order valence-corrected chi connectivity index (χ1v) is 8.45. The second kappa shape index (κ2) is 7.63. The van der Waals surface area contributed by atoms with Crippen LogP contribution in [0, 0.1) is 0 Å². The molecular formula is C19H22N4O4. The molecule has 0 saturated heterocycles. The summed E-state index contributed by atoms with van der Waals surface area (Å²) in [7, 11) is 4.77. The Labute approximate surface area is 156 Å². The number of aromatic nitrogens is 3. The quantitative estimate of drug-likeness (QED) is 0.683. The molecule has 0 unspecified atom stereocenters. The smallest absolute Gasteiger partial charge is 0.264 e. The van der Waals surface area contributed by atoms with Crippen molar-refractivity contribution in [1.82, 2.24) is 14.5 Å². The number of nitrogens with zero attached hydrogens (tertiary/aromatic N) is 3. The van der Waals surface area contributed by atoms with Gasteiger partial charge in [0.05, 0.1) is 37.9 Å². The van der Waals surface area contributed by atoms with E-state index in [2.05, 4.69) is 15.3 Å². The third kappa shape index (κ3) is 3.70. The summed E-state index contributed by atoms with van der Waals surface area (Å²) in [4.78, 5) is 21.5. The van der Waals surface area contributed by atoms with Crippen molar-refractivity contribution in [3.63, 3.8) is 0 Å². The molecule has 2 heterocycles. The van der Waals surface area contributed by atoms with Crippen molar-refractivity contribution in [2.24, 2.45) is 7.05 Å². The van der Waals surface area contributed by atoms with Crippen LogP contribution in [-0.4, -0.2) is 46.5 Å². The molecule has 0 aliphatic heterocycles. The van der Waals surface area contributed by atoms with E-state index in [1.807, 2.05) is 12.1 Å². The standard InChI is InChI=1S/C19H22N4O4/c1-11(24)9-20-18-17-14(21-10-23(2)19(17)25)8-13(22-18)12-5-6-15(26-3)16(7-12)27-4/h5-8,10-11,24H,9H2,1-4H3,(H,20,22)/t11-/m1/s1. The first-order chi connectivity index (χ1) is 12.9. The molecule has 3 rings (SSSR count). The Morgan fingerprint density at radius 1 is 1.22 bits per heavy atom. The summed E-state index contributed by atoms with van der Waals surface area (Å²) < 4.78 is 12.0. The predicted molar refractivity (Wildman–Crippen MR) is 103 cm³/mol. The van der Waals surface area contributed by atoms with Gasteiger partial charge in [-0.2, -0.15) is 0 Å². The number of hydrogen-bond donors (Lipinski definition) is 2. The summed E-state index contributed by atoms with van der Waals surface area (Å²) in [6, 6.07) is 7.22. The van der Waals surface area contributed by atoms with Crippen LogP contribution < -0.4 is 20.3 Å². The van der Waals surface area contributed by atoms with Gasteiger partial charge < -0.3 is 24.5 Å². The minimum atomic E-state index is -0.591. The van der Waals surface area contributed by atoms with Crippen LogP contribution in [0.1, 0.15) is 6.92 Å². The maximum absolute atomic E-state index is 12.6. The van der Waals surface area contributed by atoms with Crippen LogP contribution in [-0.2, 0) is 7.05 Å². The number of aliphatic hydroxyl groups is 1. The number of pyridine rings is 1. The summed E-state index contributed by atoms with van der Waals surface area (Å²) in [5.41, 5.74) is 1.72. The summed E-state index contributed by atoms with van der Waals surface area (Å²) in [5.74, 6) is 1.57. The molecular weight excluding hydrogens is 348 g/mol. The molecule has 2 aromatic heterocycles. The Bertz CT molecular complexity index is 1030.